The number of nitrogens with one attached hydrogen (secondary N) is 1. The van der Waals surface area contributed by atoms with Crippen LogP contribution in [-0.2, 0) is 17.8 Å². The summed E-state index contributed by atoms with van der Waals surface area (Å²) in [4.78, 5) is 33.1. The highest BCUT2D eigenvalue weighted by molar-refractivity contribution is 5.80. The summed E-state index contributed by atoms with van der Waals surface area (Å²) in [7, 11) is 0. The van der Waals surface area contributed by atoms with E-state index in [4.69, 9.17) is 5.73 Å². The zero-order valence-corrected chi connectivity index (χ0v) is 11.7. The van der Waals surface area contributed by atoms with Crippen molar-refractivity contribution in [3.05, 3.63) is 33.8 Å². The van der Waals surface area contributed by atoms with Gasteiger partial charge in [0.1, 0.15) is 0 Å². The average molecular weight is 286 g/mol. The summed E-state index contributed by atoms with van der Waals surface area (Å²) in [6, 6.07) is 0. The first-order chi connectivity index (χ1) is 10.1. The molecule has 1 aliphatic heterocycles. The van der Waals surface area contributed by atoms with E-state index in [9.17, 15) is 9.59 Å². The number of H-pyrrole nitrogens is 1. The molecule has 2 bridgehead atoms. The van der Waals surface area contributed by atoms with Gasteiger partial charge in [-0.3, -0.25) is 14.6 Å². The SMILES string of the molecule is Nc1nc2c(c(=O)[nH]1)CCN(C(=O)[C@@H]1C[C@@H]3C=C[C@H]1C3)C2. The normalized spacial score (nSPS) is 29.7. The molecule has 0 radical (unpaired) electrons. The number of nitrogens with zero attached hydrogens (tertiary/aromatic N) is 2. The lowest BCUT2D eigenvalue weighted by Gasteiger charge is -2.31. The van der Waals surface area contributed by atoms with Gasteiger partial charge in [-0.25, -0.2) is 4.98 Å². The number of amides is 1. The van der Waals surface area contributed by atoms with Crippen LogP contribution in [0.25, 0.3) is 0 Å². The lowest BCUT2D eigenvalue weighted by atomic mass is 9.91. The number of aromatic amines is 1. The van der Waals surface area contributed by atoms with Crippen LogP contribution >= 0.6 is 0 Å². The van der Waals surface area contributed by atoms with E-state index in [0.29, 0.717) is 42.6 Å². The average Bonchev–Trinajstić information content (AvgIpc) is 3.08. The van der Waals surface area contributed by atoms with Gasteiger partial charge in [-0.15, -0.1) is 0 Å². The number of hydrogen-bond donors (Lipinski definition) is 2. The molecule has 0 spiro atoms. The summed E-state index contributed by atoms with van der Waals surface area (Å²) in [6.45, 7) is 0.998. The molecule has 2 aliphatic carbocycles. The highest BCUT2D eigenvalue weighted by Crippen LogP contribution is 2.44. The molecule has 1 aromatic rings. The van der Waals surface area contributed by atoms with Gasteiger partial charge in [0, 0.05) is 18.0 Å². The van der Waals surface area contributed by atoms with Crippen LogP contribution in [0.2, 0.25) is 0 Å². The van der Waals surface area contributed by atoms with Crippen LogP contribution in [0, 0.1) is 17.8 Å². The monoisotopic (exact) mass is 286 g/mol. The number of carbonyl (C=O) groups excluding carboxylic acids is 1. The lowest BCUT2D eigenvalue weighted by molar-refractivity contribution is -0.137. The topological polar surface area (TPSA) is 92.1 Å². The highest BCUT2D eigenvalue weighted by Gasteiger charge is 2.42. The van der Waals surface area contributed by atoms with Gasteiger partial charge in [0.15, 0.2) is 0 Å². The Morgan fingerprint density at radius 1 is 1.38 bits per heavy atom. The van der Waals surface area contributed by atoms with Crippen LogP contribution in [0.15, 0.2) is 16.9 Å². The lowest BCUT2D eigenvalue weighted by Crippen LogP contribution is -2.43. The van der Waals surface area contributed by atoms with Gasteiger partial charge in [-0.2, -0.15) is 0 Å². The van der Waals surface area contributed by atoms with E-state index in [1.54, 1.807) is 0 Å². The maximum absolute atomic E-state index is 12.7. The van der Waals surface area contributed by atoms with E-state index < -0.39 is 0 Å². The molecule has 0 aromatic carbocycles. The molecular formula is C15H18N4O2. The predicted octanol–water partition coefficient (Wildman–Crippen LogP) is 0.449. The number of rotatable bonds is 1. The Kier molecular flexibility index (Phi) is 2.67. The Balaban J connectivity index is 1.57. The molecule has 3 aliphatic rings. The summed E-state index contributed by atoms with van der Waals surface area (Å²) in [5.74, 6) is 1.42. The van der Waals surface area contributed by atoms with Crippen LogP contribution in [0.1, 0.15) is 24.1 Å². The van der Waals surface area contributed by atoms with Crippen molar-refractivity contribution in [3.63, 3.8) is 0 Å². The Labute approximate surface area is 122 Å². The second kappa shape index (κ2) is 4.44. The fourth-order valence-electron chi connectivity index (χ4n) is 3.95. The summed E-state index contributed by atoms with van der Waals surface area (Å²) in [5, 5.41) is 0. The quantitative estimate of drug-likeness (QED) is 0.733. The van der Waals surface area contributed by atoms with Crippen molar-refractivity contribution < 1.29 is 4.79 Å². The molecule has 1 aromatic heterocycles. The van der Waals surface area contributed by atoms with Crippen molar-refractivity contribution >= 4 is 11.9 Å². The first-order valence-corrected chi connectivity index (χ1v) is 7.46. The van der Waals surface area contributed by atoms with Gasteiger partial charge in [-0.05, 0) is 31.1 Å². The minimum absolute atomic E-state index is 0.112. The van der Waals surface area contributed by atoms with Crippen LogP contribution in [-0.4, -0.2) is 27.3 Å². The number of carbonyl (C=O) groups is 1. The van der Waals surface area contributed by atoms with Gasteiger partial charge < -0.3 is 10.6 Å². The maximum Gasteiger partial charge on any atom is 0.255 e. The molecule has 1 saturated carbocycles. The van der Waals surface area contributed by atoms with Crippen LogP contribution in [0.5, 0.6) is 0 Å². The van der Waals surface area contributed by atoms with Gasteiger partial charge in [0.05, 0.1) is 12.2 Å². The van der Waals surface area contributed by atoms with Gasteiger partial charge in [0.2, 0.25) is 11.9 Å². The fourth-order valence-corrected chi connectivity index (χ4v) is 3.95. The Morgan fingerprint density at radius 2 is 2.24 bits per heavy atom. The molecule has 3 atom stereocenters. The van der Waals surface area contributed by atoms with Crippen molar-refractivity contribution in [2.45, 2.75) is 25.8 Å². The zero-order chi connectivity index (χ0) is 14.6. The molecule has 0 unspecified atom stereocenters. The van der Waals surface area contributed by atoms with Crippen molar-refractivity contribution in [2.24, 2.45) is 17.8 Å². The van der Waals surface area contributed by atoms with E-state index in [1.807, 2.05) is 4.90 Å². The Morgan fingerprint density at radius 3 is 2.95 bits per heavy atom. The van der Waals surface area contributed by atoms with Gasteiger partial charge >= 0.3 is 0 Å². The third-order valence-corrected chi connectivity index (χ3v) is 5.00. The molecule has 4 rings (SSSR count). The minimum atomic E-state index is -0.174. The summed E-state index contributed by atoms with van der Waals surface area (Å²) < 4.78 is 0. The molecule has 6 heteroatoms. The van der Waals surface area contributed by atoms with Gasteiger partial charge in [0.25, 0.3) is 5.56 Å². The first kappa shape index (κ1) is 12.6. The van der Waals surface area contributed by atoms with E-state index in [-0.39, 0.29) is 23.3 Å². The number of hydrogen-bond acceptors (Lipinski definition) is 4. The molecule has 0 saturated heterocycles. The zero-order valence-electron chi connectivity index (χ0n) is 11.7. The number of allylic oxidation sites excluding steroid dienone is 2. The smallest absolute Gasteiger partial charge is 0.255 e. The van der Waals surface area contributed by atoms with Crippen LogP contribution in [0.3, 0.4) is 0 Å². The number of nitrogens with two attached hydrogens (primary N) is 1. The maximum atomic E-state index is 12.7. The fraction of sp³-hybridized carbons (Fsp3) is 0.533. The molecular weight excluding hydrogens is 268 g/mol. The third-order valence-electron chi connectivity index (χ3n) is 5.00. The van der Waals surface area contributed by atoms with Crippen LogP contribution in [0.4, 0.5) is 5.95 Å². The van der Waals surface area contributed by atoms with Crippen molar-refractivity contribution in [3.8, 4) is 0 Å². The largest absolute Gasteiger partial charge is 0.369 e. The molecule has 1 amide bonds. The number of anilines is 1. The first-order valence-electron chi connectivity index (χ1n) is 7.46. The number of fused-ring (bicyclic) bond motifs is 3. The van der Waals surface area contributed by atoms with Crippen molar-refractivity contribution in [1.82, 2.24) is 14.9 Å². The van der Waals surface area contributed by atoms with E-state index in [0.717, 1.165) is 12.8 Å². The Hall–Kier alpha value is -2.11. The third kappa shape index (κ3) is 1.97. The summed E-state index contributed by atoms with van der Waals surface area (Å²) in [6.07, 6.45) is 7.07. The second-order valence-electron chi connectivity index (χ2n) is 6.27. The van der Waals surface area contributed by atoms with Gasteiger partial charge in [-0.1, -0.05) is 12.2 Å². The Bertz CT molecular complexity index is 693. The molecule has 21 heavy (non-hydrogen) atoms. The highest BCUT2D eigenvalue weighted by atomic mass is 16.2. The molecule has 3 N–H and O–H groups in total. The van der Waals surface area contributed by atoms with Crippen molar-refractivity contribution in [1.29, 1.82) is 0 Å². The molecule has 110 valence electrons. The molecule has 1 fully saturated rings. The van der Waals surface area contributed by atoms with Crippen LogP contribution < -0.4 is 11.3 Å². The number of aromatic nitrogens is 2. The summed E-state index contributed by atoms with van der Waals surface area (Å²) in [5.41, 5.74) is 6.74. The second-order valence-corrected chi connectivity index (χ2v) is 6.27. The minimum Gasteiger partial charge on any atom is -0.369 e. The standard InChI is InChI=1S/C15H18N4O2/c16-15-17-12-7-19(4-3-10(12)13(20)18-15)14(21)11-6-8-1-2-9(11)5-8/h1-2,8-9,11H,3-7H2,(H3,16,17,18,20)/t8-,9+,11-/m1/s1. The van der Waals surface area contributed by atoms with E-state index in [1.165, 1.54) is 0 Å². The molecule has 6 nitrogen and oxygen atoms in total. The summed E-state index contributed by atoms with van der Waals surface area (Å²) >= 11 is 0. The number of nitrogen functional groups attached to an aromatic ring is 1. The predicted molar refractivity (Wildman–Crippen MR) is 77.2 cm³/mol. The van der Waals surface area contributed by atoms with Crippen molar-refractivity contribution in [2.75, 3.05) is 12.3 Å². The van der Waals surface area contributed by atoms with E-state index >= 15 is 0 Å². The van der Waals surface area contributed by atoms with E-state index in [2.05, 4.69) is 22.1 Å². The molecule has 2 heterocycles.